The van der Waals surface area contributed by atoms with Gasteiger partial charge >= 0.3 is 0 Å². The largest absolute Gasteiger partial charge is 0.510 e. The molecule has 218 valence electrons. The molecule has 11 heteroatoms. The van der Waals surface area contributed by atoms with Crippen molar-refractivity contribution in [3.63, 3.8) is 0 Å². The normalized spacial score (nSPS) is 27.1. The Morgan fingerprint density at radius 2 is 1.77 bits per heavy atom. The number of likely N-dealkylation sites (N-methyl/N-ethyl adjacent to an activating group) is 1. The molecular weight excluding hydrogens is 516 g/mol. The molecule has 1 aromatic rings. The molecule has 0 fully saturated rings. The molecule has 0 radical (unpaired) electrons. The van der Waals surface area contributed by atoms with Crippen LogP contribution in [0.1, 0.15) is 48.2 Å². The van der Waals surface area contributed by atoms with E-state index in [9.17, 15) is 34.8 Å². The van der Waals surface area contributed by atoms with Crippen LogP contribution < -0.4 is 10.6 Å². The van der Waals surface area contributed by atoms with Crippen LogP contribution in [-0.4, -0.2) is 101 Å². The number of aromatic hydroxyl groups is 1. The van der Waals surface area contributed by atoms with Gasteiger partial charge in [0.2, 0.25) is 5.78 Å². The molecule has 0 heterocycles. The van der Waals surface area contributed by atoms with Gasteiger partial charge in [0.15, 0.2) is 11.4 Å². The number of aliphatic hydroxyl groups excluding tert-OH is 2. The fourth-order valence-electron chi connectivity index (χ4n) is 6.79. The van der Waals surface area contributed by atoms with Crippen molar-refractivity contribution in [2.75, 3.05) is 40.1 Å². The van der Waals surface area contributed by atoms with E-state index in [0.717, 1.165) is 17.7 Å². The van der Waals surface area contributed by atoms with Crippen molar-refractivity contribution in [2.45, 2.75) is 57.3 Å². The number of allylic oxidation sites excluding steroid dienone is 1. The number of fused-ring (bicyclic) bond motifs is 3. The molecule has 11 nitrogen and oxygen atoms in total. The zero-order chi connectivity index (χ0) is 30.0. The van der Waals surface area contributed by atoms with Crippen LogP contribution in [0.3, 0.4) is 0 Å². The second kappa shape index (κ2) is 10.2. The number of hydrogen-bond acceptors (Lipinski definition) is 10. The summed E-state index contributed by atoms with van der Waals surface area (Å²) in [5, 5.41) is 45.2. The number of hydrogen-bond donors (Lipinski definition) is 5. The molecule has 0 aromatic heterocycles. The molecule has 0 saturated carbocycles. The van der Waals surface area contributed by atoms with E-state index >= 15 is 0 Å². The number of nitrogens with two attached hydrogens (primary N) is 1. The number of aliphatic hydroxyl groups is 3. The molecular formula is C29H40N4O7. The topological polar surface area (TPSA) is 168 Å². The lowest BCUT2D eigenvalue weighted by Gasteiger charge is -2.50. The molecule has 1 amide bonds. The van der Waals surface area contributed by atoms with Crippen LogP contribution in [-0.2, 0) is 22.6 Å². The third-order valence-corrected chi connectivity index (χ3v) is 8.98. The van der Waals surface area contributed by atoms with Crippen molar-refractivity contribution in [2.24, 2.45) is 17.6 Å². The summed E-state index contributed by atoms with van der Waals surface area (Å²) in [5.74, 6) is -6.55. The van der Waals surface area contributed by atoms with E-state index < -0.39 is 58.0 Å². The van der Waals surface area contributed by atoms with Crippen LogP contribution in [0, 0.1) is 11.8 Å². The Morgan fingerprint density at radius 3 is 2.30 bits per heavy atom. The van der Waals surface area contributed by atoms with E-state index in [1.807, 2.05) is 26.0 Å². The average molecular weight is 557 g/mol. The summed E-state index contributed by atoms with van der Waals surface area (Å²) in [5.41, 5.74) is 4.02. The summed E-state index contributed by atoms with van der Waals surface area (Å²) in [6, 6.07) is 0.820. The van der Waals surface area contributed by atoms with Crippen molar-refractivity contribution in [3.8, 4) is 5.75 Å². The average Bonchev–Trinajstić information content (AvgIpc) is 2.84. The number of benzene rings is 1. The summed E-state index contributed by atoms with van der Waals surface area (Å²) in [4.78, 5) is 45.1. The van der Waals surface area contributed by atoms with Crippen LogP contribution in [0.2, 0.25) is 0 Å². The highest BCUT2D eigenvalue weighted by atomic mass is 16.3. The molecule has 5 atom stereocenters. The fourth-order valence-corrected chi connectivity index (χ4v) is 6.79. The summed E-state index contributed by atoms with van der Waals surface area (Å²) in [7, 11) is 8.94. The zero-order valence-electron chi connectivity index (χ0n) is 24.1. The van der Waals surface area contributed by atoms with Crippen molar-refractivity contribution in [1.29, 1.82) is 0 Å². The molecule has 1 aromatic carbocycles. The highest BCUT2D eigenvalue weighted by molar-refractivity contribution is 6.24. The molecule has 1 unspecified atom stereocenters. The molecule has 0 aliphatic heterocycles. The van der Waals surface area contributed by atoms with Gasteiger partial charge in [-0.3, -0.25) is 24.2 Å². The summed E-state index contributed by atoms with van der Waals surface area (Å²) in [6.45, 7) is 4.74. The van der Waals surface area contributed by atoms with Crippen LogP contribution in [0.4, 0.5) is 5.69 Å². The van der Waals surface area contributed by atoms with Crippen LogP contribution >= 0.6 is 0 Å². The number of ketones is 2. The van der Waals surface area contributed by atoms with Crippen LogP contribution in [0.5, 0.6) is 5.75 Å². The van der Waals surface area contributed by atoms with E-state index in [1.54, 1.807) is 20.2 Å². The smallest absolute Gasteiger partial charge is 0.255 e. The number of phenols is 1. The van der Waals surface area contributed by atoms with Gasteiger partial charge in [0.25, 0.3) is 5.91 Å². The number of carbonyl (C=O) groups excluding carboxylic acids is 3. The third-order valence-electron chi connectivity index (χ3n) is 8.98. The summed E-state index contributed by atoms with van der Waals surface area (Å²) in [6.07, 6.45) is 1.24. The first-order valence-corrected chi connectivity index (χ1v) is 13.5. The maximum atomic E-state index is 14.0. The standard InChI is InChI=1S/C29H40N4O7/c1-8-13(2)33(7)12-15-11-18(34)20-16(22(15)31(3)4)9-14-10-17-23(32(5)6)25(36)21(28(30)39)27(38)29(17,40)26(37)19(14)24(20)35/h11,13-14,17,23,34,36-37,40H,8-10,12H2,1-7H3,(H2,30,39)/t13?,14-,17-,23-,29-/m0/s1. The van der Waals surface area contributed by atoms with E-state index in [2.05, 4.69) is 18.7 Å². The predicted octanol–water partition coefficient (Wildman–Crippen LogP) is 1.42. The van der Waals surface area contributed by atoms with Gasteiger partial charge in [-0.1, -0.05) is 6.92 Å². The quantitative estimate of drug-likeness (QED) is 0.310. The van der Waals surface area contributed by atoms with Gasteiger partial charge in [-0.2, -0.15) is 0 Å². The SMILES string of the molecule is CCC(C)N(C)Cc1cc(O)c2c(c1N(C)C)C[C@H]1C[C@H]3[C@H](N(C)C)C(O)=C(C(N)=O)C(=O)[C@@]3(O)C(O)=C1C2=O. The number of primary amides is 1. The van der Waals surface area contributed by atoms with Crippen molar-refractivity contribution < 1.29 is 34.8 Å². The number of phenolic OH excluding ortho intramolecular Hbond substituents is 1. The number of anilines is 1. The van der Waals surface area contributed by atoms with E-state index in [-0.39, 0.29) is 35.8 Å². The van der Waals surface area contributed by atoms with Crippen molar-refractivity contribution in [1.82, 2.24) is 9.80 Å². The first-order valence-electron chi connectivity index (χ1n) is 13.5. The maximum Gasteiger partial charge on any atom is 0.255 e. The van der Waals surface area contributed by atoms with Crippen molar-refractivity contribution >= 4 is 23.2 Å². The van der Waals surface area contributed by atoms with E-state index in [4.69, 9.17) is 5.73 Å². The van der Waals surface area contributed by atoms with Gasteiger partial charge in [-0.05, 0) is 70.4 Å². The number of rotatable bonds is 7. The number of Topliss-reactive ketones (excluding diaryl/α,β-unsaturated/α-hetero) is 2. The Kier molecular flexibility index (Phi) is 7.55. The van der Waals surface area contributed by atoms with E-state index in [1.165, 1.54) is 4.90 Å². The number of amides is 1. The second-order valence-corrected chi connectivity index (χ2v) is 11.8. The summed E-state index contributed by atoms with van der Waals surface area (Å²) < 4.78 is 0. The van der Waals surface area contributed by atoms with Gasteiger partial charge in [0, 0.05) is 43.9 Å². The second-order valence-electron chi connectivity index (χ2n) is 11.8. The Hall–Kier alpha value is -3.41. The molecule has 6 N–H and O–H groups in total. The molecule has 0 saturated heterocycles. The number of carbonyl (C=O) groups is 3. The zero-order valence-corrected chi connectivity index (χ0v) is 24.1. The maximum absolute atomic E-state index is 14.0. The monoisotopic (exact) mass is 556 g/mol. The first kappa shape index (κ1) is 29.6. The molecule has 3 aliphatic rings. The van der Waals surface area contributed by atoms with Crippen LogP contribution in [0.25, 0.3) is 0 Å². The minimum atomic E-state index is -2.65. The minimum Gasteiger partial charge on any atom is -0.510 e. The Morgan fingerprint density at radius 1 is 1.15 bits per heavy atom. The van der Waals surface area contributed by atoms with Crippen LogP contribution in [0.15, 0.2) is 28.7 Å². The highest BCUT2D eigenvalue weighted by Gasteiger charge is 2.63. The predicted molar refractivity (Wildman–Crippen MR) is 149 cm³/mol. The highest BCUT2D eigenvalue weighted by Crippen LogP contribution is 2.53. The lowest BCUT2D eigenvalue weighted by molar-refractivity contribution is -0.148. The minimum absolute atomic E-state index is 0.0134. The molecule has 0 spiro atoms. The van der Waals surface area contributed by atoms with Crippen molar-refractivity contribution in [3.05, 3.63) is 45.4 Å². The molecule has 0 bridgehead atoms. The molecule has 4 rings (SSSR count). The van der Waals surface area contributed by atoms with Gasteiger partial charge in [-0.15, -0.1) is 0 Å². The molecule has 3 aliphatic carbocycles. The Bertz CT molecular complexity index is 1350. The number of nitrogens with zero attached hydrogens (tertiary/aromatic N) is 3. The lowest BCUT2D eigenvalue weighted by atomic mass is 9.58. The lowest BCUT2D eigenvalue weighted by Crippen LogP contribution is -2.63. The van der Waals surface area contributed by atoms with Gasteiger partial charge in [0.05, 0.1) is 11.6 Å². The van der Waals surface area contributed by atoms with E-state index in [0.29, 0.717) is 12.1 Å². The van der Waals surface area contributed by atoms with Gasteiger partial charge in [0.1, 0.15) is 22.8 Å². The Labute approximate surface area is 234 Å². The third kappa shape index (κ3) is 4.18. The first-order chi connectivity index (χ1) is 18.6. The Balaban J connectivity index is 1.93. The molecule has 40 heavy (non-hydrogen) atoms. The van der Waals surface area contributed by atoms with Gasteiger partial charge in [-0.25, -0.2) is 0 Å². The van der Waals surface area contributed by atoms with Gasteiger partial charge < -0.3 is 31.1 Å². The summed E-state index contributed by atoms with van der Waals surface area (Å²) >= 11 is 0. The fraction of sp³-hybridized carbons (Fsp3) is 0.552.